The van der Waals surface area contributed by atoms with Crippen LogP contribution in [0.1, 0.15) is 31.9 Å². The Kier molecular flexibility index (Phi) is 8.70. The summed E-state index contributed by atoms with van der Waals surface area (Å²) in [5.74, 6) is 0.506. The summed E-state index contributed by atoms with van der Waals surface area (Å²) in [7, 11) is 4.55. The number of methoxy groups -OCH3 is 3. The van der Waals surface area contributed by atoms with Gasteiger partial charge in [0.05, 0.1) is 21.3 Å². The van der Waals surface area contributed by atoms with Gasteiger partial charge in [0.15, 0.2) is 18.1 Å². The van der Waals surface area contributed by atoms with Gasteiger partial charge < -0.3 is 23.8 Å². The molecule has 0 bridgehead atoms. The molecular weight excluding hydrogens is 410 g/mol. The third-order valence-corrected chi connectivity index (χ3v) is 4.73. The molecule has 0 radical (unpaired) electrons. The van der Waals surface area contributed by atoms with Crippen LogP contribution in [0.4, 0.5) is 0 Å². The maximum atomic E-state index is 12.8. The first-order valence-corrected chi connectivity index (χ1v) is 10.2. The van der Waals surface area contributed by atoms with Gasteiger partial charge in [0.1, 0.15) is 0 Å². The quantitative estimate of drug-likeness (QED) is 0.431. The van der Waals surface area contributed by atoms with Crippen molar-refractivity contribution in [2.24, 2.45) is 0 Å². The summed E-state index contributed by atoms with van der Waals surface area (Å²) in [6.07, 6.45) is 2.81. The molecule has 1 amide bonds. The summed E-state index contributed by atoms with van der Waals surface area (Å²) in [5, 5.41) is 0. The summed E-state index contributed by atoms with van der Waals surface area (Å²) < 4.78 is 21.1. The van der Waals surface area contributed by atoms with Crippen LogP contribution in [0.25, 0.3) is 6.08 Å². The minimum Gasteiger partial charge on any atom is -0.493 e. The second-order valence-electron chi connectivity index (χ2n) is 8.04. The zero-order valence-corrected chi connectivity index (χ0v) is 19.5. The van der Waals surface area contributed by atoms with Crippen molar-refractivity contribution in [1.82, 2.24) is 4.90 Å². The highest BCUT2D eigenvalue weighted by Crippen LogP contribution is 2.38. The molecule has 0 aliphatic carbocycles. The molecule has 172 valence electrons. The van der Waals surface area contributed by atoms with Crippen LogP contribution in [-0.4, -0.2) is 50.3 Å². The molecule has 7 heteroatoms. The molecule has 32 heavy (non-hydrogen) atoms. The van der Waals surface area contributed by atoms with Gasteiger partial charge in [0, 0.05) is 18.2 Å². The minimum absolute atomic E-state index is 0.268. The van der Waals surface area contributed by atoms with Crippen molar-refractivity contribution in [1.29, 1.82) is 0 Å². The summed E-state index contributed by atoms with van der Waals surface area (Å²) in [4.78, 5) is 26.7. The number of esters is 1. The summed E-state index contributed by atoms with van der Waals surface area (Å²) >= 11 is 0. The second-order valence-corrected chi connectivity index (χ2v) is 8.04. The Bertz CT molecular complexity index is 922. The molecule has 0 heterocycles. The first kappa shape index (κ1) is 24.8. The third kappa shape index (κ3) is 6.77. The van der Waals surface area contributed by atoms with Gasteiger partial charge in [-0.05, 0) is 50.1 Å². The molecule has 0 aliphatic rings. The van der Waals surface area contributed by atoms with E-state index in [0.717, 1.165) is 5.56 Å². The number of carbonyl (C=O) groups is 2. The fourth-order valence-electron chi connectivity index (χ4n) is 3.09. The van der Waals surface area contributed by atoms with Crippen molar-refractivity contribution in [3.63, 3.8) is 0 Å². The predicted molar refractivity (Wildman–Crippen MR) is 123 cm³/mol. The first-order valence-electron chi connectivity index (χ1n) is 10.2. The van der Waals surface area contributed by atoms with E-state index >= 15 is 0 Å². The topological polar surface area (TPSA) is 74.3 Å². The molecule has 0 aliphatic heterocycles. The van der Waals surface area contributed by atoms with Crippen LogP contribution < -0.4 is 14.2 Å². The molecule has 0 saturated carbocycles. The van der Waals surface area contributed by atoms with Crippen molar-refractivity contribution in [2.45, 2.75) is 32.9 Å². The number of rotatable bonds is 9. The predicted octanol–water partition coefficient (Wildman–Crippen LogP) is 4.10. The first-order chi connectivity index (χ1) is 15.2. The van der Waals surface area contributed by atoms with Gasteiger partial charge in [-0.15, -0.1) is 0 Å². The number of nitrogens with zero attached hydrogens (tertiary/aromatic N) is 1. The Labute approximate surface area is 189 Å². The molecule has 0 spiro atoms. The fraction of sp³-hybridized carbons (Fsp3) is 0.360. The zero-order chi connectivity index (χ0) is 23.7. The van der Waals surface area contributed by atoms with Gasteiger partial charge in [-0.25, -0.2) is 4.79 Å². The smallest absolute Gasteiger partial charge is 0.331 e. The highest BCUT2D eigenvalue weighted by molar-refractivity contribution is 5.89. The largest absolute Gasteiger partial charge is 0.493 e. The number of carbonyl (C=O) groups excluding carboxylic acids is 2. The average molecular weight is 442 g/mol. The molecule has 2 aromatic rings. The van der Waals surface area contributed by atoms with E-state index in [1.165, 1.54) is 27.4 Å². The maximum Gasteiger partial charge on any atom is 0.331 e. The van der Waals surface area contributed by atoms with Gasteiger partial charge in [-0.1, -0.05) is 30.3 Å². The van der Waals surface area contributed by atoms with Gasteiger partial charge in [0.2, 0.25) is 5.75 Å². The molecule has 0 saturated heterocycles. The number of benzene rings is 2. The van der Waals surface area contributed by atoms with E-state index in [2.05, 4.69) is 0 Å². The van der Waals surface area contributed by atoms with Crippen molar-refractivity contribution in [3.05, 3.63) is 59.7 Å². The van der Waals surface area contributed by atoms with E-state index < -0.39 is 11.5 Å². The van der Waals surface area contributed by atoms with E-state index in [1.807, 2.05) is 51.1 Å². The van der Waals surface area contributed by atoms with Crippen LogP contribution in [0, 0.1) is 0 Å². The molecule has 0 unspecified atom stereocenters. The van der Waals surface area contributed by atoms with Crippen LogP contribution in [0.2, 0.25) is 0 Å². The number of hydrogen-bond donors (Lipinski definition) is 0. The van der Waals surface area contributed by atoms with Crippen LogP contribution in [0.3, 0.4) is 0 Å². The average Bonchev–Trinajstić information content (AvgIpc) is 2.78. The van der Waals surface area contributed by atoms with Crippen LogP contribution >= 0.6 is 0 Å². The summed E-state index contributed by atoms with van der Waals surface area (Å²) in [5.41, 5.74) is 1.23. The van der Waals surface area contributed by atoms with Gasteiger partial charge in [-0.2, -0.15) is 0 Å². The van der Waals surface area contributed by atoms with Crippen LogP contribution in [0.15, 0.2) is 48.5 Å². The summed E-state index contributed by atoms with van der Waals surface area (Å²) in [6, 6.07) is 13.1. The molecule has 2 aromatic carbocycles. The van der Waals surface area contributed by atoms with E-state index in [1.54, 1.807) is 23.1 Å². The van der Waals surface area contributed by atoms with Crippen molar-refractivity contribution in [2.75, 3.05) is 27.9 Å². The van der Waals surface area contributed by atoms with Crippen molar-refractivity contribution >= 4 is 18.0 Å². The molecule has 7 nitrogen and oxygen atoms in total. The maximum absolute atomic E-state index is 12.8. The highest BCUT2D eigenvalue weighted by atomic mass is 16.5. The minimum atomic E-state index is -0.624. The molecule has 0 fully saturated rings. The lowest BCUT2D eigenvalue weighted by Crippen LogP contribution is -2.46. The monoisotopic (exact) mass is 441 g/mol. The second kappa shape index (κ2) is 11.2. The van der Waals surface area contributed by atoms with Gasteiger partial charge in [0.25, 0.3) is 5.91 Å². The highest BCUT2D eigenvalue weighted by Gasteiger charge is 2.27. The lowest BCUT2D eigenvalue weighted by atomic mass is 10.0. The van der Waals surface area contributed by atoms with Gasteiger partial charge >= 0.3 is 5.97 Å². The SMILES string of the molecule is COc1cc(/C=C/C(=O)OCC(=O)N(Cc2ccccc2)C(C)(C)C)cc(OC)c1OC. The van der Waals surface area contributed by atoms with Crippen molar-refractivity contribution in [3.8, 4) is 17.2 Å². The number of amides is 1. The third-order valence-electron chi connectivity index (χ3n) is 4.73. The number of hydrogen-bond acceptors (Lipinski definition) is 6. The Morgan fingerprint density at radius 2 is 1.53 bits per heavy atom. The lowest BCUT2D eigenvalue weighted by molar-refractivity contribution is -0.151. The fourth-order valence-corrected chi connectivity index (χ4v) is 3.09. The lowest BCUT2D eigenvalue weighted by Gasteiger charge is -2.35. The molecular formula is C25H31NO6. The normalized spacial score (nSPS) is 11.2. The van der Waals surface area contributed by atoms with E-state index in [4.69, 9.17) is 18.9 Å². The molecule has 2 rings (SSSR count). The molecule has 0 atom stereocenters. The standard InChI is InChI=1S/C25H31NO6/c1-25(2,3)26(16-18-10-8-7-9-11-18)22(27)17-32-23(28)13-12-19-14-20(29-4)24(31-6)21(15-19)30-5/h7-15H,16-17H2,1-6H3/b13-12+. The van der Waals surface area contributed by atoms with Crippen molar-refractivity contribution < 1.29 is 28.5 Å². The van der Waals surface area contributed by atoms with Crippen LogP contribution in [-0.2, 0) is 20.9 Å². The van der Waals surface area contributed by atoms with E-state index in [9.17, 15) is 9.59 Å². The Hall–Kier alpha value is -3.48. The molecule has 0 N–H and O–H groups in total. The summed E-state index contributed by atoms with van der Waals surface area (Å²) in [6.45, 7) is 5.92. The molecule has 0 aromatic heterocycles. The van der Waals surface area contributed by atoms with E-state index in [0.29, 0.717) is 29.4 Å². The Morgan fingerprint density at radius 3 is 2.03 bits per heavy atom. The van der Waals surface area contributed by atoms with Crippen LogP contribution in [0.5, 0.6) is 17.2 Å². The zero-order valence-electron chi connectivity index (χ0n) is 19.5. The Balaban J connectivity index is 2.04. The van der Waals surface area contributed by atoms with Gasteiger partial charge in [-0.3, -0.25) is 4.79 Å². The Morgan fingerprint density at radius 1 is 0.938 bits per heavy atom. The van der Waals surface area contributed by atoms with E-state index in [-0.39, 0.29) is 12.5 Å². The number of ether oxygens (including phenoxy) is 4.